The minimum absolute atomic E-state index is 0.0603. The summed E-state index contributed by atoms with van der Waals surface area (Å²) < 4.78 is 2.58. The van der Waals surface area contributed by atoms with E-state index in [-0.39, 0.29) is 11.1 Å². The number of nitrogens with zero attached hydrogens (tertiary/aromatic N) is 1. The van der Waals surface area contributed by atoms with Crippen LogP contribution < -0.4 is 16.8 Å². The van der Waals surface area contributed by atoms with Gasteiger partial charge in [-0.15, -0.1) is 0 Å². The van der Waals surface area contributed by atoms with Crippen LogP contribution >= 0.6 is 11.9 Å². The van der Waals surface area contributed by atoms with E-state index in [1.165, 1.54) is 63.8 Å². The summed E-state index contributed by atoms with van der Waals surface area (Å²) in [4.78, 5) is 0. The topological polar surface area (TPSA) is 67.3 Å². The van der Waals surface area contributed by atoms with Crippen molar-refractivity contribution in [2.75, 3.05) is 31.9 Å². The molecule has 2 unspecified atom stereocenters. The molecule has 0 aromatic rings. The molecule has 0 spiro atoms. The first-order valence-corrected chi connectivity index (χ1v) is 11.2. The van der Waals surface area contributed by atoms with Crippen LogP contribution in [0.25, 0.3) is 0 Å². The minimum atomic E-state index is -0.0628. The van der Waals surface area contributed by atoms with Crippen molar-refractivity contribution >= 4 is 11.9 Å². The van der Waals surface area contributed by atoms with Crippen LogP contribution in [0, 0.1) is 11.8 Å². The molecule has 3 rings (SSSR count). The lowest BCUT2D eigenvalue weighted by atomic mass is 9.84. The second-order valence-corrected chi connectivity index (χ2v) is 9.68. The summed E-state index contributed by atoms with van der Waals surface area (Å²) in [6, 6.07) is 0. The Balaban J connectivity index is 1.34. The van der Waals surface area contributed by atoms with E-state index in [1.807, 2.05) is 11.9 Å². The summed E-state index contributed by atoms with van der Waals surface area (Å²) >= 11 is 2.04. The van der Waals surface area contributed by atoms with Crippen molar-refractivity contribution < 1.29 is 0 Å². The van der Waals surface area contributed by atoms with Gasteiger partial charge in [0.2, 0.25) is 0 Å². The molecule has 5 N–H and O–H groups in total. The van der Waals surface area contributed by atoms with Crippen LogP contribution in [0.15, 0.2) is 0 Å². The van der Waals surface area contributed by atoms with Gasteiger partial charge in [0.25, 0.3) is 0 Å². The first kappa shape index (κ1) is 19.0. The zero-order chi connectivity index (χ0) is 17.0. The van der Waals surface area contributed by atoms with Crippen molar-refractivity contribution in [3.8, 4) is 0 Å². The number of piperidine rings is 2. The van der Waals surface area contributed by atoms with Gasteiger partial charge in [-0.1, -0.05) is 31.7 Å². The third-order valence-corrected chi connectivity index (χ3v) is 8.09. The largest absolute Gasteiger partial charge is 0.323 e. The van der Waals surface area contributed by atoms with Crippen LogP contribution in [-0.2, 0) is 0 Å². The fourth-order valence-electron chi connectivity index (χ4n) is 4.94. The molecule has 1 saturated carbocycles. The van der Waals surface area contributed by atoms with Gasteiger partial charge < -0.3 is 16.8 Å². The average molecular weight is 355 g/mol. The molecule has 24 heavy (non-hydrogen) atoms. The molecular weight excluding hydrogens is 316 g/mol. The highest BCUT2D eigenvalue weighted by Gasteiger charge is 2.65. The Morgan fingerprint density at radius 3 is 2.50 bits per heavy atom. The van der Waals surface area contributed by atoms with Crippen LogP contribution in [0.5, 0.6) is 0 Å². The summed E-state index contributed by atoms with van der Waals surface area (Å²) in [5.74, 6) is 2.83. The van der Waals surface area contributed by atoms with Crippen molar-refractivity contribution in [1.82, 2.24) is 9.62 Å². The van der Waals surface area contributed by atoms with E-state index in [2.05, 4.69) is 16.5 Å². The lowest BCUT2D eigenvalue weighted by molar-refractivity contribution is 0.256. The molecule has 140 valence electrons. The van der Waals surface area contributed by atoms with Gasteiger partial charge >= 0.3 is 0 Å². The number of hydrogen-bond donors (Lipinski definition) is 3. The van der Waals surface area contributed by atoms with Gasteiger partial charge in [0.15, 0.2) is 0 Å². The van der Waals surface area contributed by atoms with E-state index in [9.17, 15) is 0 Å². The minimum Gasteiger partial charge on any atom is -0.323 e. The molecule has 3 aliphatic rings. The van der Waals surface area contributed by atoms with E-state index < -0.39 is 0 Å². The second kappa shape index (κ2) is 8.26. The Bertz CT molecular complexity index is 393. The van der Waals surface area contributed by atoms with E-state index in [1.54, 1.807) is 0 Å². The van der Waals surface area contributed by atoms with Gasteiger partial charge in [0.05, 0.1) is 0 Å². The molecule has 2 heterocycles. The van der Waals surface area contributed by atoms with Gasteiger partial charge in [0, 0.05) is 29.9 Å². The molecule has 0 bridgehead atoms. The van der Waals surface area contributed by atoms with Crippen LogP contribution in [0.1, 0.15) is 64.7 Å². The molecular formula is C19H38N4S. The molecule has 0 aromatic carbocycles. The van der Waals surface area contributed by atoms with E-state index in [0.717, 1.165) is 31.8 Å². The second-order valence-electron chi connectivity index (χ2n) is 8.50. The molecule has 3 fully saturated rings. The first-order valence-electron chi connectivity index (χ1n) is 10.2. The highest BCUT2D eigenvalue weighted by Crippen LogP contribution is 2.54. The fraction of sp³-hybridized carbons (Fsp3) is 1.00. The van der Waals surface area contributed by atoms with Crippen LogP contribution in [0.2, 0.25) is 0 Å². The van der Waals surface area contributed by atoms with Crippen molar-refractivity contribution in [3.05, 3.63) is 0 Å². The Labute approximate surface area is 153 Å². The fourth-order valence-corrected chi connectivity index (χ4v) is 5.85. The standard InChI is InChI=1S/C19H38N4S/c1-2-14-24-23-12-7-16(8-13-23)4-3-9-18(20)15-19(18,21)17-5-10-22-11-6-17/h16-17,22H,2-15,20-21H2,1H3. The first-order chi connectivity index (χ1) is 11.6. The highest BCUT2D eigenvalue weighted by molar-refractivity contribution is 7.97. The quantitative estimate of drug-likeness (QED) is 0.585. The zero-order valence-corrected chi connectivity index (χ0v) is 16.4. The molecule has 1 aliphatic carbocycles. The molecule has 5 heteroatoms. The Hall–Kier alpha value is 0.190. The molecule has 0 radical (unpaired) electrons. The summed E-state index contributed by atoms with van der Waals surface area (Å²) in [7, 11) is 0. The van der Waals surface area contributed by atoms with E-state index in [4.69, 9.17) is 11.5 Å². The summed E-state index contributed by atoms with van der Waals surface area (Å²) in [6.07, 6.45) is 11.3. The van der Waals surface area contributed by atoms with Gasteiger partial charge in [-0.05, 0) is 69.9 Å². The third kappa shape index (κ3) is 4.29. The SMILES string of the molecule is CCCSN1CCC(CCCC2(N)CC2(N)C2CCNCC2)CC1. The Kier molecular flexibility index (Phi) is 6.52. The zero-order valence-electron chi connectivity index (χ0n) is 15.6. The predicted molar refractivity (Wildman–Crippen MR) is 105 cm³/mol. The van der Waals surface area contributed by atoms with Crippen LogP contribution in [0.3, 0.4) is 0 Å². The number of rotatable bonds is 8. The monoisotopic (exact) mass is 354 g/mol. The van der Waals surface area contributed by atoms with Gasteiger partial charge in [0.1, 0.15) is 0 Å². The number of nitrogens with one attached hydrogen (secondary N) is 1. The molecule has 0 aromatic heterocycles. The third-order valence-electron chi connectivity index (χ3n) is 6.76. The normalized spacial score (nSPS) is 36.1. The summed E-state index contributed by atoms with van der Waals surface area (Å²) in [5, 5.41) is 3.44. The predicted octanol–water partition coefficient (Wildman–Crippen LogP) is 2.73. The van der Waals surface area contributed by atoms with E-state index in [0.29, 0.717) is 5.92 Å². The van der Waals surface area contributed by atoms with Crippen molar-refractivity contribution in [1.29, 1.82) is 0 Å². The maximum atomic E-state index is 6.72. The Morgan fingerprint density at radius 1 is 1.12 bits per heavy atom. The summed E-state index contributed by atoms with van der Waals surface area (Å²) in [5.41, 5.74) is 13.3. The van der Waals surface area contributed by atoms with Gasteiger partial charge in [-0.3, -0.25) is 4.31 Å². The molecule has 2 saturated heterocycles. The average Bonchev–Trinajstić information content (AvgIpc) is 3.17. The number of hydrogen-bond acceptors (Lipinski definition) is 5. The molecule has 4 nitrogen and oxygen atoms in total. The van der Waals surface area contributed by atoms with Crippen LogP contribution in [-0.4, -0.2) is 47.3 Å². The lowest BCUT2D eigenvalue weighted by Gasteiger charge is -2.33. The lowest BCUT2D eigenvalue weighted by Crippen LogP contribution is -2.49. The molecule has 0 amide bonds. The molecule has 2 aliphatic heterocycles. The Morgan fingerprint density at radius 2 is 1.83 bits per heavy atom. The summed E-state index contributed by atoms with van der Waals surface area (Å²) in [6.45, 7) is 7.06. The maximum absolute atomic E-state index is 6.72. The number of nitrogens with two attached hydrogens (primary N) is 2. The van der Waals surface area contributed by atoms with Gasteiger partial charge in [-0.25, -0.2) is 0 Å². The smallest absolute Gasteiger partial charge is 0.0385 e. The highest BCUT2D eigenvalue weighted by atomic mass is 32.2. The molecule has 2 atom stereocenters. The van der Waals surface area contributed by atoms with Crippen LogP contribution in [0.4, 0.5) is 0 Å². The van der Waals surface area contributed by atoms with Crippen molar-refractivity contribution in [2.45, 2.75) is 75.8 Å². The van der Waals surface area contributed by atoms with E-state index >= 15 is 0 Å². The van der Waals surface area contributed by atoms with Crippen molar-refractivity contribution in [2.24, 2.45) is 23.3 Å². The maximum Gasteiger partial charge on any atom is 0.0385 e. The van der Waals surface area contributed by atoms with Gasteiger partial charge in [-0.2, -0.15) is 0 Å². The van der Waals surface area contributed by atoms with Crippen molar-refractivity contribution in [3.63, 3.8) is 0 Å².